The molecule has 2 aromatic rings. The molecule has 3 saturated heterocycles. The van der Waals surface area contributed by atoms with E-state index >= 15 is 0 Å². The third-order valence-electron chi connectivity index (χ3n) is 5.44. The van der Waals surface area contributed by atoms with E-state index in [-0.39, 0.29) is 12.2 Å². The summed E-state index contributed by atoms with van der Waals surface area (Å²) in [5.41, 5.74) is 2.12. The van der Waals surface area contributed by atoms with E-state index in [0.717, 1.165) is 49.4 Å². The summed E-state index contributed by atoms with van der Waals surface area (Å²) < 4.78 is 11.5. The van der Waals surface area contributed by atoms with Crippen LogP contribution >= 0.6 is 0 Å². The third-order valence-corrected chi connectivity index (χ3v) is 5.44. The number of piperidine rings is 3. The molecule has 0 saturated carbocycles. The number of carbonyl (C=O) groups is 1. The van der Waals surface area contributed by atoms with Crippen molar-refractivity contribution in [3.05, 3.63) is 65.7 Å². The molecular weight excluding hydrogens is 340 g/mol. The Hall–Kier alpha value is -2.53. The van der Waals surface area contributed by atoms with E-state index in [1.807, 2.05) is 54.6 Å². The lowest BCUT2D eigenvalue weighted by Crippen LogP contribution is -2.52. The van der Waals surface area contributed by atoms with Gasteiger partial charge in [0.25, 0.3) is 0 Å². The molecule has 5 nitrogen and oxygen atoms in total. The summed E-state index contributed by atoms with van der Waals surface area (Å²) in [7, 11) is 0. The number of fused-ring (bicyclic) bond motifs is 3. The molecule has 2 bridgehead atoms. The fourth-order valence-electron chi connectivity index (χ4n) is 3.88. The Bertz CT molecular complexity index is 757. The molecule has 1 N–H and O–H groups in total. The van der Waals surface area contributed by atoms with Crippen LogP contribution in [0, 0.1) is 5.92 Å². The van der Waals surface area contributed by atoms with E-state index in [9.17, 15) is 4.79 Å². The largest absolute Gasteiger partial charge is 0.489 e. The molecule has 3 aliphatic rings. The lowest BCUT2D eigenvalue weighted by atomic mass is 9.86. The molecule has 3 fully saturated rings. The maximum Gasteiger partial charge on any atom is 0.407 e. The monoisotopic (exact) mass is 366 g/mol. The van der Waals surface area contributed by atoms with Crippen molar-refractivity contribution in [2.75, 3.05) is 19.6 Å². The molecule has 27 heavy (non-hydrogen) atoms. The number of nitrogens with one attached hydrogen (secondary N) is 1. The summed E-state index contributed by atoms with van der Waals surface area (Å²) in [5, 5.41) is 2.87. The summed E-state index contributed by atoms with van der Waals surface area (Å²) in [4.78, 5) is 14.6. The van der Waals surface area contributed by atoms with Crippen LogP contribution < -0.4 is 10.1 Å². The molecule has 1 amide bonds. The van der Waals surface area contributed by atoms with Gasteiger partial charge in [-0.2, -0.15) is 0 Å². The number of carbonyl (C=O) groups excluding carboxylic acids is 1. The number of alkyl carbamates (subject to hydrolysis) is 1. The van der Waals surface area contributed by atoms with E-state index in [0.29, 0.717) is 19.1 Å². The van der Waals surface area contributed by atoms with Crippen LogP contribution in [0.5, 0.6) is 5.75 Å². The van der Waals surface area contributed by atoms with Crippen LogP contribution in [0.15, 0.2) is 54.6 Å². The van der Waals surface area contributed by atoms with Gasteiger partial charge >= 0.3 is 6.09 Å². The number of hydrogen-bond acceptors (Lipinski definition) is 4. The van der Waals surface area contributed by atoms with Gasteiger partial charge in [-0.1, -0.05) is 42.5 Å². The van der Waals surface area contributed by atoms with Crippen molar-refractivity contribution < 1.29 is 14.3 Å². The smallest absolute Gasteiger partial charge is 0.407 e. The minimum absolute atomic E-state index is 0.0352. The average Bonchev–Trinajstić information content (AvgIpc) is 2.73. The van der Waals surface area contributed by atoms with Gasteiger partial charge in [-0.3, -0.25) is 4.90 Å². The molecule has 0 aromatic heterocycles. The zero-order valence-electron chi connectivity index (χ0n) is 15.5. The van der Waals surface area contributed by atoms with Crippen LogP contribution in [-0.4, -0.2) is 36.7 Å². The number of amides is 1. The zero-order valence-corrected chi connectivity index (χ0v) is 15.5. The van der Waals surface area contributed by atoms with Gasteiger partial charge in [0.05, 0.1) is 0 Å². The number of benzene rings is 2. The Labute approximate surface area is 160 Å². The summed E-state index contributed by atoms with van der Waals surface area (Å²) in [5.74, 6) is 1.32. The molecule has 3 aliphatic heterocycles. The minimum Gasteiger partial charge on any atom is -0.489 e. The molecule has 5 heteroatoms. The fourth-order valence-corrected chi connectivity index (χ4v) is 3.88. The van der Waals surface area contributed by atoms with Crippen LogP contribution in [-0.2, 0) is 17.9 Å². The molecular formula is C22H26N2O3. The highest BCUT2D eigenvalue weighted by atomic mass is 16.6. The van der Waals surface area contributed by atoms with Crippen molar-refractivity contribution in [2.24, 2.45) is 5.92 Å². The van der Waals surface area contributed by atoms with Crippen LogP contribution in [0.1, 0.15) is 24.0 Å². The Balaban J connectivity index is 1.25. The molecule has 1 atom stereocenters. The van der Waals surface area contributed by atoms with E-state index < -0.39 is 0 Å². The predicted octanol–water partition coefficient (Wildman–Crippen LogP) is 3.59. The highest BCUT2D eigenvalue weighted by Crippen LogP contribution is 2.29. The number of rotatable bonds is 6. The van der Waals surface area contributed by atoms with Crippen LogP contribution in [0.3, 0.4) is 0 Å². The van der Waals surface area contributed by atoms with E-state index in [1.54, 1.807) is 0 Å². The predicted molar refractivity (Wildman–Crippen MR) is 103 cm³/mol. The summed E-state index contributed by atoms with van der Waals surface area (Å²) in [6.07, 6.45) is 1.98. The van der Waals surface area contributed by atoms with Crippen molar-refractivity contribution in [1.29, 1.82) is 0 Å². The molecule has 0 aliphatic carbocycles. The Kier molecular flexibility index (Phi) is 5.58. The summed E-state index contributed by atoms with van der Waals surface area (Å²) in [6, 6.07) is 17.9. The second-order valence-corrected chi connectivity index (χ2v) is 7.36. The fraction of sp³-hybridized carbons (Fsp3) is 0.409. The van der Waals surface area contributed by atoms with Gasteiger partial charge in [-0.25, -0.2) is 4.79 Å². The van der Waals surface area contributed by atoms with Gasteiger partial charge in [0.2, 0.25) is 0 Å². The third kappa shape index (κ3) is 4.80. The van der Waals surface area contributed by atoms with E-state index in [4.69, 9.17) is 9.47 Å². The molecule has 2 aromatic carbocycles. The quantitative estimate of drug-likeness (QED) is 0.849. The first-order valence-corrected chi connectivity index (χ1v) is 9.69. The van der Waals surface area contributed by atoms with E-state index in [2.05, 4.69) is 10.2 Å². The normalized spacial score (nSPS) is 23.6. The van der Waals surface area contributed by atoms with Gasteiger partial charge in [0, 0.05) is 13.1 Å². The van der Waals surface area contributed by atoms with Crippen molar-refractivity contribution in [2.45, 2.75) is 32.1 Å². The summed E-state index contributed by atoms with van der Waals surface area (Å²) in [6.45, 7) is 4.12. The first-order valence-electron chi connectivity index (χ1n) is 9.69. The maximum atomic E-state index is 12.2. The standard InChI is InChI=1S/C22H26N2O3/c25-22(27-21-15-24-11-9-19(21)10-12-24)23-14-18-7-4-8-20(13-18)26-16-17-5-2-1-3-6-17/h1-8,13,19,21H,9-12,14-16H2,(H,23,25). The highest BCUT2D eigenvalue weighted by Gasteiger charge is 2.36. The second-order valence-electron chi connectivity index (χ2n) is 7.36. The van der Waals surface area contributed by atoms with Crippen molar-refractivity contribution >= 4 is 6.09 Å². The number of nitrogens with zero attached hydrogens (tertiary/aromatic N) is 1. The highest BCUT2D eigenvalue weighted by molar-refractivity contribution is 5.67. The van der Waals surface area contributed by atoms with Crippen molar-refractivity contribution in [3.63, 3.8) is 0 Å². The van der Waals surface area contributed by atoms with Gasteiger partial charge < -0.3 is 14.8 Å². The lowest BCUT2D eigenvalue weighted by Gasteiger charge is -2.43. The van der Waals surface area contributed by atoms with Gasteiger partial charge in [0.1, 0.15) is 18.5 Å². The number of hydrogen-bond donors (Lipinski definition) is 1. The SMILES string of the molecule is O=C(NCc1cccc(OCc2ccccc2)c1)OC1CN2CCC1CC2. The molecule has 3 heterocycles. The molecule has 1 unspecified atom stereocenters. The molecule has 0 radical (unpaired) electrons. The average molecular weight is 366 g/mol. The van der Waals surface area contributed by atoms with Crippen LogP contribution in [0.2, 0.25) is 0 Å². The Morgan fingerprint density at radius 1 is 1.04 bits per heavy atom. The van der Waals surface area contributed by atoms with Crippen LogP contribution in [0.4, 0.5) is 4.79 Å². The second kappa shape index (κ2) is 8.44. The van der Waals surface area contributed by atoms with Crippen LogP contribution in [0.25, 0.3) is 0 Å². The summed E-state index contributed by atoms with van der Waals surface area (Å²) >= 11 is 0. The van der Waals surface area contributed by atoms with E-state index in [1.165, 1.54) is 0 Å². The van der Waals surface area contributed by atoms with Crippen molar-refractivity contribution in [1.82, 2.24) is 10.2 Å². The Morgan fingerprint density at radius 3 is 2.56 bits per heavy atom. The molecule has 0 spiro atoms. The number of ether oxygens (including phenoxy) is 2. The zero-order chi connectivity index (χ0) is 18.5. The lowest BCUT2D eigenvalue weighted by molar-refractivity contribution is -0.0332. The topological polar surface area (TPSA) is 50.8 Å². The molecule has 5 rings (SSSR count). The minimum atomic E-state index is -0.329. The van der Waals surface area contributed by atoms with Gasteiger partial charge in [-0.15, -0.1) is 0 Å². The Morgan fingerprint density at radius 2 is 1.81 bits per heavy atom. The van der Waals surface area contributed by atoms with Gasteiger partial charge in [-0.05, 0) is 55.1 Å². The maximum absolute atomic E-state index is 12.2. The molecule has 142 valence electrons. The first kappa shape index (κ1) is 17.9. The van der Waals surface area contributed by atoms with Gasteiger partial charge in [0.15, 0.2) is 0 Å². The first-order chi connectivity index (χ1) is 13.3. The van der Waals surface area contributed by atoms with Crippen molar-refractivity contribution in [3.8, 4) is 5.75 Å².